The number of nitrogens with zero attached hydrogens (tertiary/aromatic N) is 1. The molecule has 0 spiro atoms. The number of aromatic nitrogens is 1. The number of rotatable bonds is 4. The van der Waals surface area contributed by atoms with Gasteiger partial charge < -0.3 is 5.11 Å². The number of hydrogen-bond donors (Lipinski definition) is 1. The molecule has 0 saturated heterocycles. The van der Waals surface area contributed by atoms with Gasteiger partial charge in [-0.05, 0) is 55.5 Å². The molecule has 0 aliphatic carbocycles. The molecule has 1 atom stereocenters. The smallest absolute Gasteiger partial charge is 0.134 e. The monoisotopic (exact) mass is 327 g/mol. The Morgan fingerprint density at radius 1 is 1.24 bits per heavy atom. The highest BCUT2D eigenvalue weighted by Crippen LogP contribution is 2.33. The summed E-state index contributed by atoms with van der Waals surface area (Å²) in [5, 5.41) is 9.91. The van der Waals surface area contributed by atoms with Crippen molar-refractivity contribution in [3.63, 3.8) is 0 Å². The molecule has 0 aliphatic heterocycles. The van der Waals surface area contributed by atoms with E-state index in [1.165, 1.54) is 6.07 Å². The summed E-state index contributed by atoms with van der Waals surface area (Å²) >= 11 is 12.1. The second-order valence-electron chi connectivity index (χ2n) is 5.13. The van der Waals surface area contributed by atoms with Gasteiger partial charge in [-0.2, -0.15) is 0 Å². The zero-order valence-electron chi connectivity index (χ0n) is 11.8. The van der Waals surface area contributed by atoms with Gasteiger partial charge >= 0.3 is 0 Å². The first-order valence-electron chi connectivity index (χ1n) is 6.68. The van der Waals surface area contributed by atoms with E-state index in [9.17, 15) is 9.50 Å². The topological polar surface area (TPSA) is 33.1 Å². The Kier molecular flexibility index (Phi) is 5.20. The van der Waals surface area contributed by atoms with Gasteiger partial charge in [0.2, 0.25) is 0 Å². The van der Waals surface area contributed by atoms with Crippen LogP contribution >= 0.6 is 23.2 Å². The van der Waals surface area contributed by atoms with Crippen molar-refractivity contribution in [2.75, 3.05) is 0 Å². The molecule has 1 heterocycles. The predicted molar refractivity (Wildman–Crippen MR) is 84.4 cm³/mol. The number of hydrogen-bond acceptors (Lipinski definition) is 2. The Morgan fingerprint density at radius 3 is 2.57 bits per heavy atom. The summed E-state index contributed by atoms with van der Waals surface area (Å²) in [5.41, 5.74) is 2.60. The molecule has 2 aromatic rings. The van der Waals surface area contributed by atoms with Crippen LogP contribution in [0.5, 0.6) is 0 Å². The first-order valence-corrected chi connectivity index (χ1v) is 7.43. The molecule has 5 heteroatoms. The van der Waals surface area contributed by atoms with Crippen molar-refractivity contribution in [2.24, 2.45) is 0 Å². The second-order valence-corrected chi connectivity index (χ2v) is 5.88. The van der Waals surface area contributed by atoms with Gasteiger partial charge in [-0.25, -0.2) is 9.37 Å². The highest BCUT2D eigenvalue weighted by molar-refractivity contribution is 6.33. The molecule has 0 aliphatic rings. The van der Waals surface area contributed by atoms with Gasteiger partial charge in [-0.3, -0.25) is 0 Å². The van der Waals surface area contributed by atoms with Crippen molar-refractivity contribution in [3.8, 4) is 11.1 Å². The minimum atomic E-state index is -0.465. The number of benzene rings is 1. The molecule has 21 heavy (non-hydrogen) atoms. The summed E-state index contributed by atoms with van der Waals surface area (Å²) in [6.45, 7) is 3.52. The molecule has 0 fully saturated rings. The van der Waals surface area contributed by atoms with E-state index in [0.717, 1.165) is 5.56 Å². The van der Waals surface area contributed by atoms with Crippen molar-refractivity contribution >= 4 is 23.2 Å². The van der Waals surface area contributed by atoms with Crippen molar-refractivity contribution in [3.05, 3.63) is 51.5 Å². The van der Waals surface area contributed by atoms with Crippen LogP contribution in [0.4, 0.5) is 4.39 Å². The van der Waals surface area contributed by atoms with Crippen LogP contribution in [0.3, 0.4) is 0 Å². The van der Waals surface area contributed by atoms with Crippen LogP contribution in [0, 0.1) is 12.7 Å². The lowest BCUT2D eigenvalue weighted by Crippen LogP contribution is -2.04. The first-order chi connectivity index (χ1) is 9.88. The summed E-state index contributed by atoms with van der Waals surface area (Å²) in [7, 11) is 0. The molecule has 1 aromatic carbocycles. The molecule has 0 radical (unpaired) electrons. The van der Waals surface area contributed by atoms with Crippen LogP contribution in [0.25, 0.3) is 11.1 Å². The highest BCUT2D eigenvalue weighted by Gasteiger charge is 2.16. The molecular weight excluding hydrogens is 312 g/mol. The summed E-state index contributed by atoms with van der Waals surface area (Å²) in [4.78, 5) is 4.01. The number of pyridine rings is 1. The van der Waals surface area contributed by atoms with Gasteiger partial charge in [0.05, 0.1) is 6.10 Å². The van der Waals surface area contributed by atoms with E-state index in [-0.39, 0.29) is 16.1 Å². The third kappa shape index (κ3) is 3.94. The van der Waals surface area contributed by atoms with Gasteiger partial charge in [0.25, 0.3) is 0 Å². The second kappa shape index (κ2) is 6.73. The van der Waals surface area contributed by atoms with Crippen molar-refractivity contribution in [2.45, 2.75) is 32.8 Å². The highest BCUT2D eigenvalue weighted by atomic mass is 35.5. The Balaban J connectivity index is 2.55. The quantitative estimate of drug-likeness (QED) is 0.817. The van der Waals surface area contributed by atoms with Crippen LogP contribution in [0.1, 0.15) is 24.5 Å². The Bertz CT molecular complexity index is 659. The number of halogens is 3. The van der Waals surface area contributed by atoms with E-state index >= 15 is 0 Å². The van der Waals surface area contributed by atoms with E-state index in [1.807, 2.05) is 13.0 Å². The fourth-order valence-electron chi connectivity index (χ4n) is 2.18. The minimum absolute atomic E-state index is 0.218. The van der Waals surface area contributed by atoms with Gasteiger partial charge in [0, 0.05) is 5.56 Å². The molecule has 0 amide bonds. The van der Waals surface area contributed by atoms with E-state index in [2.05, 4.69) is 4.98 Å². The van der Waals surface area contributed by atoms with Gasteiger partial charge in [0.1, 0.15) is 16.1 Å². The molecule has 0 saturated carbocycles. The normalized spacial score (nSPS) is 12.5. The summed E-state index contributed by atoms with van der Waals surface area (Å²) < 4.78 is 14.2. The lowest BCUT2D eigenvalue weighted by atomic mass is 9.96. The molecule has 1 aromatic heterocycles. The van der Waals surface area contributed by atoms with Crippen LogP contribution in [0.2, 0.25) is 10.3 Å². The van der Waals surface area contributed by atoms with Crippen molar-refractivity contribution in [1.29, 1.82) is 0 Å². The van der Waals surface area contributed by atoms with Crippen LogP contribution < -0.4 is 0 Å². The number of aliphatic hydroxyl groups excluding tert-OH is 1. The summed E-state index contributed by atoms with van der Waals surface area (Å²) in [6.07, 6.45) is 0.555. The minimum Gasteiger partial charge on any atom is -0.393 e. The van der Waals surface area contributed by atoms with E-state index < -0.39 is 6.10 Å². The van der Waals surface area contributed by atoms with E-state index in [0.29, 0.717) is 29.5 Å². The zero-order valence-corrected chi connectivity index (χ0v) is 13.3. The molecular formula is C16H16Cl2FNO. The van der Waals surface area contributed by atoms with Gasteiger partial charge in [-0.15, -0.1) is 0 Å². The number of aryl methyl sites for hydroxylation is 1. The third-order valence-corrected chi connectivity index (χ3v) is 3.78. The first kappa shape index (κ1) is 16.2. The molecule has 112 valence electrons. The maximum atomic E-state index is 14.2. The van der Waals surface area contributed by atoms with E-state index in [4.69, 9.17) is 23.2 Å². The third-order valence-electron chi connectivity index (χ3n) is 3.27. The predicted octanol–water partition coefficient (Wildman–Crippen LogP) is 4.82. The zero-order chi connectivity index (χ0) is 15.6. The average Bonchev–Trinajstić information content (AvgIpc) is 2.36. The van der Waals surface area contributed by atoms with Crippen molar-refractivity contribution < 1.29 is 9.50 Å². The Hall–Kier alpha value is -1.16. The molecule has 1 unspecified atom stereocenters. The fraction of sp³-hybridized carbons (Fsp3) is 0.312. The Labute approximate surface area is 133 Å². The molecule has 2 nitrogen and oxygen atoms in total. The maximum Gasteiger partial charge on any atom is 0.134 e. The molecule has 1 N–H and O–H groups in total. The lowest BCUT2D eigenvalue weighted by Gasteiger charge is -2.14. The summed E-state index contributed by atoms with van der Waals surface area (Å²) in [6, 6.07) is 6.62. The summed E-state index contributed by atoms with van der Waals surface area (Å²) in [5.74, 6) is -0.327. The largest absolute Gasteiger partial charge is 0.393 e. The molecule has 2 rings (SSSR count). The SMILES string of the molecule is Cc1ccc(-c2cc(Cl)nc(Cl)c2CCC(C)O)c(F)c1. The van der Waals surface area contributed by atoms with Crippen molar-refractivity contribution in [1.82, 2.24) is 4.98 Å². The van der Waals surface area contributed by atoms with E-state index in [1.54, 1.807) is 19.1 Å². The van der Waals surface area contributed by atoms with Gasteiger partial charge in [0.15, 0.2) is 0 Å². The average molecular weight is 328 g/mol. The molecule has 0 bridgehead atoms. The number of aliphatic hydroxyl groups is 1. The van der Waals surface area contributed by atoms with Gasteiger partial charge in [-0.1, -0.05) is 35.3 Å². The van der Waals surface area contributed by atoms with Crippen LogP contribution in [0.15, 0.2) is 24.3 Å². The fourth-order valence-corrected chi connectivity index (χ4v) is 2.71. The lowest BCUT2D eigenvalue weighted by molar-refractivity contribution is 0.185. The maximum absolute atomic E-state index is 14.2. The Morgan fingerprint density at radius 2 is 1.95 bits per heavy atom. The van der Waals surface area contributed by atoms with Crippen LogP contribution in [-0.4, -0.2) is 16.2 Å². The van der Waals surface area contributed by atoms with Crippen LogP contribution in [-0.2, 0) is 6.42 Å². The standard InChI is InChI=1S/C16H16Cl2FNO/c1-9-3-5-11(14(19)7-9)13-8-15(17)20-16(18)12(13)6-4-10(2)21/h3,5,7-8,10,21H,4,6H2,1-2H3.